The van der Waals surface area contributed by atoms with Crippen LogP contribution in [0.2, 0.25) is 0 Å². The summed E-state index contributed by atoms with van der Waals surface area (Å²) < 4.78 is 0. The second kappa shape index (κ2) is 7.44. The highest BCUT2D eigenvalue weighted by atomic mass is 16.2. The summed E-state index contributed by atoms with van der Waals surface area (Å²) in [6.07, 6.45) is 8.01. The van der Waals surface area contributed by atoms with Crippen LogP contribution in [0.3, 0.4) is 0 Å². The van der Waals surface area contributed by atoms with Crippen LogP contribution in [0, 0.1) is 18.3 Å². The van der Waals surface area contributed by atoms with E-state index in [2.05, 4.69) is 12.8 Å². The minimum Gasteiger partial charge on any atom is -0.331 e. The maximum Gasteiger partial charge on any atom is 0.226 e. The van der Waals surface area contributed by atoms with Gasteiger partial charge in [0.25, 0.3) is 0 Å². The van der Waals surface area contributed by atoms with E-state index >= 15 is 0 Å². The van der Waals surface area contributed by atoms with Gasteiger partial charge in [0.05, 0.1) is 6.54 Å². The monoisotopic (exact) mass is 195 g/mol. The Morgan fingerprint density at radius 3 is 2.29 bits per heavy atom. The second-order valence-electron chi connectivity index (χ2n) is 3.48. The van der Waals surface area contributed by atoms with Crippen LogP contribution in [-0.2, 0) is 4.79 Å². The van der Waals surface area contributed by atoms with Crippen molar-refractivity contribution in [3.8, 4) is 12.3 Å². The Hall–Kier alpha value is -0.970. The summed E-state index contributed by atoms with van der Waals surface area (Å²) in [5.74, 6) is 2.91. The van der Waals surface area contributed by atoms with Gasteiger partial charge in [0.15, 0.2) is 0 Å². The normalized spacial score (nSPS) is 9.93. The number of nitrogens with zero attached hydrogens (tertiary/aromatic N) is 1. The number of hydrogen-bond donors (Lipinski definition) is 0. The van der Waals surface area contributed by atoms with Crippen molar-refractivity contribution >= 4 is 5.91 Å². The van der Waals surface area contributed by atoms with Gasteiger partial charge < -0.3 is 4.90 Å². The molecule has 0 heterocycles. The van der Waals surface area contributed by atoms with Crippen molar-refractivity contribution in [3.05, 3.63) is 0 Å². The smallest absolute Gasteiger partial charge is 0.226 e. The third kappa shape index (κ3) is 3.83. The van der Waals surface area contributed by atoms with Crippen molar-refractivity contribution in [2.75, 3.05) is 13.1 Å². The van der Waals surface area contributed by atoms with Crippen molar-refractivity contribution in [1.29, 1.82) is 0 Å². The molecule has 0 aliphatic heterocycles. The number of amides is 1. The fourth-order valence-corrected chi connectivity index (χ4v) is 1.54. The van der Waals surface area contributed by atoms with E-state index < -0.39 is 0 Å². The molecule has 0 unspecified atom stereocenters. The molecule has 0 bridgehead atoms. The predicted molar refractivity (Wildman–Crippen MR) is 59.8 cm³/mol. The van der Waals surface area contributed by atoms with E-state index in [0.29, 0.717) is 6.54 Å². The molecule has 0 N–H and O–H groups in total. The molecule has 1 amide bonds. The molecule has 0 fully saturated rings. The van der Waals surface area contributed by atoms with Gasteiger partial charge in [-0.05, 0) is 19.3 Å². The molecule has 0 spiro atoms. The van der Waals surface area contributed by atoms with Gasteiger partial charge in [0.2, 0.25) is 5.91 Å². The lowest BCUT2D eigenvalue weighted by atomic mass is 10.0. The van der Waals surface area contributed by atoms with Gasteiger partial charge in [-0.1, -0.05) is 26.7 Å². The van der Waals surface area contributed by atoms with Gasteiger partial charge in [-0.3, -0.25) is 4.79 Å². The summed E-state index contributed by atoms with van der Waals surface area (Å²) in [6.45, 7) is 7.38. The van der Waals surface area contributed by atoms with E-state index in [4.69, 9.17) is 6.42 Å². The maximum atomic E-state index is 11.9. The minimum absolute atomic E-state index is 0.148. The average Bonchev–Trinajstić information content (AvgIpc) is 2.19. The van der Waals surface area contributed by atoms with Crippen molar-refractivity contribution in [3.63, 3.8) is 0 Å². The lowest BCUT2D eigenvalue weighted by Gasteiger charge is -2.24. The van der Waals surface area contributed by atoms with E-state index in [1.54, 1.807) is 4.90 Å². The van der Waals surface area contributed by atoms with Crippen LogP contribution < -0.4 is 0 Å². The zero-order chi connectivity index (χ0) is 11.0. The molecule has 0 rings (SSSR count). The molecule has 2 nitrogen and oxygen atoms in total. The van der Waals surface area contributed by atoms with Gasteiger partial charge in [-0.15, -0.1) is 6.42 Å². The van der Waals surface area contributed by atoms with Crippen molar-refractivity contribution in [2.24, 2.45) is 5.92 Å². The molecule has 0 aromatic rings. The molecule has 2 heteroatoms. The molecule has 0 aliphatic rings. The Morgan fingerprint density at radius 1 is 1.36 bits per heavy atom. The first kappa shape index (κ1) is 13.0. The van der Waals surface area contributed by atoms with E-state index in [-0.39, 0.29) is 11.8 Å². The molecule has 0 saturated carbocycles. The van der Waals surface area contributed by atoms with E-state index in [0.717, 1.165) is 25.8 Å². The zero-order valence-electron chi connectivity index (χ0n) is 9.55. The van der Waals surface area contributed by atoms with Crippen LogP contribution >= 0.6 is 0 Å². The number of terminal acetylenes is 1. The molecule has 0 atom stereocenters. The summed E-state index contributed by atoms with van der Waals surface area (Å²) in [7, 11) is 0. The number of carbonyl (C=O) groups is 1. The Labute approximate surface area is 87.7 Å². The highest BCUT2D eigenvalue weighted by Gasteiger charge is 2.19. The molecule has 0 saturated heterocycles. The summed E-state index contributed by atoms with van der Waals surface area (Å²) in [4.78, 5) is 13.7. The Kier molecular flexibility index (Phi) is 6.92. The fourth-order valence-electron chi connectivity index (χ4n) is 1.54. The van der Waals surface area contributed by atoms with Crippen molar-refractivity contribution in [2.45, 2.75) is 40.0 Å². The predicted octanol–water partition coefficient (Wildman–Crippen LogP) is 2.29. The van der Waals surface area contributed by atoms with Crippen LogP contribution in [-0.4, -0.2) is 23.9 Å². The maximum absolute atomic E-state index is 11.9. The van der Waals surface area contributed by atoms with E-state index in [9.17, 15) is 4.79 Å². The summed E-state index contributed by atoms with van der Waals surface area (Å²) >= 11 is 0. The zero-order valence-corrected chi connectivity index (χ0v) is 9.55. The molecular formula is C12H21NO. The molecule has 0 aromatic carbocycles. The summed E-state index contributed by atoms with van der Waals surface area (Å²) in [5.41, 5.74) is 0. The highest BCUT2D eigenvalue weighted by molar-refractivity contribution is 5.79. The third-order valence-corrected chi connectivity index (χ3v) is 2.42. The number of rotatable bonds is 6. The summed E-state index contributed by atoms with van der Waals surface area (Å²) in [5, 5.41) is 0. The fraction of sp³-hybridized carbons (Fsp3) is 0.750. The molecule has 80 valence electrons. The number of hydrogen-bond acceptors (Lipinski definition) is 1. The number of carbonyl (C=O) groups excluding carboxylic acids is 1. The largest absolute Gasteiger partial charge is 0.331 e. The van der Waals surface area contributed by atoms with Crippen molar-refractivity contribution in [1.82, 2.24) is 4.90 Å². The lowest BCUT2D eigenvalue weighted by Crippen LogP contribution is -2.36. The quantitative estimate of drug-likeness (QED) is 0.595. The standard InChI is InChI=1S/C12H21NO/c1-5-9-13(10-6-2)12(14)11(7-3)8-4/h1,11H,6-10H2,2-4H3. The lowest BCUT2D eigenvalue weighted by molar-refractivity contribution is -0.135. The van der Waals surface area contributed by atoms with Crippen molar-refractivity contribution < 1.29 is 4.79 Å². The van der Waals surface area contributed by atoms with E-state index in [1.807, 2.05) is 13.8 Å². The van der Waals surface area contributed by atoms with Crippen LogP contribution in [0.5, 0.6) is 0 Å². The van der Waals surface area contributed by atoms with Crippen LogP contribution in [0.25, 0.3) is 0 Å². The second-order valence-corrected chi connectivity index (χ2v) is 3.48. The van der Waals surface area contributed by atoms with Gasteiger partial charge in [-0.2, -0.15) is 0 Å². The Bertz CT molecular complexity index is 201. The molecule has 14 heavy (non-hydrogen) atoms. The molecule has 0 aliphatic carbocycles. The molecular weight excluding hydrogens is 174 g/mol. The first-order chi connectivity index (χ1) is 6.71. The van der Waals surface area contributed by atoms with Crippen LogP contribution in [0.15, 0.2) is 0 Å². The van der Waals surface area contributed by atoms with Crippen LogP contribution in [0.4, 0.5) is 0 Å². The van der Waals surface area contributed by atoms with Crippen LogP contribution in [0.1, 0.15) is 40.0 Å². The van der Waals surface area contributed by atoms with Gasteiger partial charge in [0, 0.05) is 12.5 Å². The minimum atomic E-state index is 0.148. The van der Waals surface area contributed by atoms with Gasteiger partial charge in [0.1, 0.15) is 0 Å². The molecule has 0 radical (unpaired) electrons. The van der Waals surface area contributed by atoms with Gasteiger partial charge >= 0.3 is 0 Å². The topological polar surface area (TPSA) is 20.3 Å². The first-order valence-electron chi connectivity index (χ1n) is 5.43. The molecule has 0 aromatic heterocycles. The first-order valence-corrected chi connectivity index (χ1v) is 5.43. The average molecular weight is 195 g/mol. The SMILES string of the molecule is C#CCN(CCC)C(=O)C(CC)CC. The Morgan fingerprint density at radius 2 is 1.93 bits per heavy atom. The van der Waals surface area contributed by atoms with E-state index in [1.165, 1.54) is 0 Å². The highest BCUT2D eigenvalue weighted by Crippen LogP contribution is 2.11. The Balaban J connectivity index is 4.33. The summed E-state index contributed by atoms with van der Waals surface area (Å²) in [6, 6.07) is 0. The third-order valence-electron chi connectivity index (χ3n) is 2.42. The van der Waals surface area contributed by atoms with Gasteiger partial charge in [-0.25, -0.2) is 0 Å².